The van der Waals surface area contributed by atoms with Gasteiger partial charge < -0.3 is 9.84 Å². The summed E-state index contributed by atoms with van der Waals surface area (Å²) < 4.78 is 18.3. The van der Waals surface area contributed by atoms with Crippen molar-refractivity contribution < 1.29 is 14.2 Å². The third-order valence-corrected chi connectivity index (χ3v) is 2.26. The Kier molecular flexibility index (Phi) is 1.96. The molecule has 13 heavy (non-hydrogen) atoms. The fraction of sp³-hybridized carbons (Fsp3) is 0.400. The lowest BCUT2D eigenvalue weighted by Crippen LogP contribution is -2.15. The molecule has 3 heteroatoms. The van der Waals surface area contributed by atoms with E-state index in [2.05, 4.69) is 0 Å². The van der Waals surface area contributed by atoms with Crippen molar-refractivity contribution in [3.63, 3.8) is 0 Å². The third kappa shape index (κ3) is 1.40. The lowest BCUT2D eigenvalue weighted by molar-refractivity contribution is 0.114. The van der Waals surface area contributed by atoms with Crippen LogP contribution in [-0.2, 0) is 0 Å². The summed E-state index contributed by atoms with van der Waals surface area (Å²) >= 11 is 0. The van der Waals surface area contributed by atoms with E-state index in [-0.39, 0.29) is 5.82 Å². The fourth-order valence-electron chi connectivity index (χ4n) is 1.63. The van der Waals surface area contributed by atoms with E-state index in [0.29, 0.717) is 24.3 Å². The van der Waals surface area contributed by atoms with Gasteiger partial charge in [0.15, 0.2) is 0 Å². The molecule has 0 spiro atoms. The van der Waals surface area contributed by atoms with Crippen molar-refractivity contribution in [2.75, 3.05) is 6.61 Å². The van der Waals surface area contributed by atoms with Crippen LogP contribution in [0.3, 0.4) is 0 Å². The van der Waals surface area contributed by atoms with Gasteiger partial charge in [-0.1, -0.05) is 0 Å². The molecule has 1 aromatic rings. The standard InChI is InChI=1S/C10H11FO2/c1-6-4-7(11)5-8-9(12)2-3-13-10(6)8/h4-5,9,12H,2-3H2,1H3. The van der Waals surface area contributed by atoms with Crippen molar-refractivity contribution in [2.45, 2.75) is 19.4 Å². The normalized spacial score (nSPS) is 20.7. The number of aryl methyl sites for hydroxylation is 1. The Morgan fingerprint density at radius 3 is 3.08 bits per heavy atom. The molecule has 1 aliphatic heterocycles. The van der Waals surface area contributed by atoms with Crippen LogP contribution < -0.4 is 4.74 Å². The molecular formula is C10H11FO2. The maximum Gasteiger partial charge on any atom is 0.128 e. The van der Waals surface area contributed by atoms with Gasteiger partial charge in [-0.2, -0.15) is 0 Å². The number of aliphatic hydroxyl groups excluding tert-OH is 1. The van der Waals surface area contributed by atoms with Crippen LogP contribution in [-0.4, -0.2) is 11.7 Å². The van der Waals surface area contributed by atoms with Crippen molar-refractivity contribution in [3.05, 3.63) is 29.1 Å². The van der Waals surface area contributed by atoms with Crippen molar-refractivity contribution >= 4 is 0 Å². The van der Waals surface area contributed by atoms with E-state index < -0.39 is 6.10 Å². The van der Waals surface area contributed by atoms with E-state index in [1.54, 1.807) is 6.92 Å². The van der Waals surface area contributed by atoms with E-state index in [9.17, 15) is 9.50 Å². The summed E-state index contributed by atoms with van der Waals surface area (Å²) in [5.74, 6) is 0.320. The number of benzene rings is 1. The first-order valence-corrected chi connectivity index (χ1v) is 4.29. The van der Waals surface area contributed by atoms with Crippen LogP contribution in [0.15, 0.2) is 12.1 Å². The Morgan fingerprint density at radius 1 is 1.54 bits per heavy atom. The molecule has 1 unspecified atom stereocenters. The summed E-state index contributed by atoms with van der Waals surface area (Å²) in [6.45, 7) is 2.28. The molecule has 2 nitrogen and oxygen atoms in total. The molecule has 0 fully saturated rings. The van der Waals surface area contributed by atoms with Crippen LogP contribution in [0.4, 0.5) is 4.39 Å². The minimum absolute atomic E-state index is 0.319. The van der Waals surface area contributed by atoms with Gasteiger partial charge in [0.25, 0.3) is 0 Å². The molecule has 0 aliphatic carbocycles. The molecule has 1 atom stereocenters. The van der Waals surface area contributed by atoms with Gasteiger partial charge in [0, 0.05) is 12.0 Å². The molecule has 70 valence electrons. The lowest BCUT2D eigenvalue weighted by Gasteiger charge is -2.23. The quantitative estimate of drug-likeness (QED) is 0.664. The zero-order valence-corrected chi connectivity index (χ0v) is 7.38. The average Bonchev–Trinajstić information content (AvgIpc) is 2.07. The summed E-state index contributed by atoms with van der Waals surface area (Å²) in [5, 5.41) is 9.56. The molecule has 0 bridgehead atoms. The maximum absolute atomic E-state index is 13.0. The van der Waals surface area contributed by atoms with Gasteiger partial charge in [0.1, 0.15) is 11.6 Å². The SMILES string of the molecule is Cc1cc(F)cc2c1OCCC2O. The molecule has 0 aromatic heterocycles. The van der Waals surface area contributed by atoms with E-state index in [0.717, 1.165) is 5.56 Å². The zero-order chi connectivity index (χ0) is 9.42. The molecule has 0 amide bonds. The lowest BCUT2D eigenvalue weighted by atomic mass is 10.0. The van der Waals surface area contributed by atoms with Gasteiger partial charge in [-0.3, -0.25) is 0 Å². The van der Waals surface area contributed by atoms with Crippen LogP contribution in [0.1, 0.15) is 23.7 Å². The Hall–Kier alpha value is -1.09. The first-order valence-electron chi connectivity index (χ1n) is 4.29. The fourth-order valence-corrected chi connectivity index (χ4v) is 1.63. The van der Waals surface area contributed by atoms with Crippen LogP contribution in [0, 0.1) is 12.7 Å². The Morgan fingerprint density at radius 2 is 2.31 bits per heavy atom. The molecular weight excluding hydrogens is 171 g/mol. The highest BCUT2D eigenvalue weighted by molar-refractivity contribution is 5.43. The van der Waals surface area contributed by atoms with Crippen LogP contribution in [0.2, 0.25) is 0 Å². The first kappa shape index (κ1) is 8.51. The van der Waals surface area contributed by atoms with Gasteiger partial charge in [-0.05, 0) is 24.6 Å². The highest BCUT2D eigenvalue weighted by Crippen LogP contribution is 2.35. The molecule has 1 N–H and O–H groups in total. The Balaban J connectivity index is 2.56. The molecule has 2 rings (SSSR count). The number of rotatable bonds is 0. The van der Waals surface area contributed by atoms with Gasteiger partial charge in [0.05, 0.1) is 12.7 Å². The Bertz CT molecular complexity index is 336. The first-order chi connectivity index (χ1) is 6.18. The second-order valence-electron chi connectivity index (χ2n) is 3.29. The zero-order valence-electron chi connectivity index (χ0n) is 7.38. The van der Waals surface area contributed by atoms with E-state index in [1.165, 1.54) is 12.1 Å². The number of aliphatic hydroxyl groups is 1. The molecule has 0 saturated carbocycles. The number of hydrogen-bond acceptors (Lipinski definition) is 2. The highest BCUT2D eigenvalue weighted by atomic mass is 19.1. The summed E-state index contributed by atoms with van der Waals surface area (Å²) in [7, 11) is 0. The summed E-state index contributed by atoms with van der Waals surface area (Å²) in [6, 6.07) is 2.75. The second-order valence-corrected chi connectivity index (χ2v) is 3.29. The topological polar surface area (TPSA) is 29.5 Å². The van der Waals surface area contributed by atoms with Crippen LogP contribution in [0.5, 0.6) is 5.75 Å². The predicted molar refractivity (Wildman–Crippen MR) is 46.2 cm³/mol. The van der Waals surface area contributed by atoms with Gasteiger partial charge >= 0.3 is 0 Å². The largest absolute Gasteiger partial charge is 0.493 e. The number of hydrogen-bond donors (Lipinski definition) is 1. The average molecular weight is 182 g/mol. The van der Waals surface area contributed by atoms with Crippen molar-refractivity contribution in [1.29, 1.82) is 0 Å². The maximum atomic E-state index is 13.0. The minimum atomic E-state index is -0.585. The van der Waals surface area contributed by atoms with Crippen molar-refractivity contribution in [2.24, 2.45) is 0 Å². The number of ether oxygens (including phenoxy) is 1. The highest BCUT2D eigenvalue weighted by Gasteiger charge is 2.21. The van der Waals surface area contributed by atoms with E-state index >= 15 is 0 Å². The van der Waals surface area contributed by atoms with Gasteiger partial charge in [-0.15, -0.1) is 0 Å². The summed E-state index contributed by atoms with van der Waals surface area (Å²) in [4.78, 5) is 0. The van der Waals surface area contributed by atoms with Crippen molar-refractivity contribution in [1.82, 2.24) is 0 Å². The van der Waals surface area contributed by atoms with E-state index in [1.807, 2.05) is 0 Å². The van der Waals surface area contributed by atoms with Gasteiger partial charge in [-0.25, -0.2) is 4.39 Å². The van der Waals surface area contributed by atoms with Crippen LogP contribution in [0.25, 0.3) is 0 Å². The number of fused-ring (bicyclic) bond motifs is 1. The molecule has 0 radical (unpaired) electrons. The number of halogens is 1. The smallest absolute Gasteiger partial charge is 0.128 e. The second kappa shape index (κ2) is 3.00. The predicted octanol–water partition coefficient (Wildman–Crippen LogP) is 1.95. The molecule has 0 saturated heterocycles. The van der Waals surface area contributed by atoms with E-state index in [4.69, 9.17) is 4.74 Å². The molecule has 1 heterocycles. The summed E-state index contributed by atoms with van der Waals surface area (Å²) in [5.41, 5.74) is 1.32. The molecule has 1 aromatic carbocycles. The van der Waals surface area contributed by atoms with Crippen molar-refractivity contribution in [3.8, 4) is 5.75 Å². The third-order valence-electron chi connectivity index (χ3n) is 2.26. The minimum Gasteiger partial charge on any atom is -0.493 e. The monoisotopic (exact) mass is 182 g/mol. The molecule has 1 aliphatic rings. The van der Waals surface area contributed by atoms with Gasteiger partial charge in [0.2, 0.25) is 0 Å². The Labute approximate surface area is 76.0 Å². The van der Waals surface area contributed by atoms with Crippen LogP contribution >= 0.6 is 0 Å². The summed E-state index contributed by atoms with van der Waals surface area (Å²) in [6.07, 6.45) is -0.0475.